The predicted octanol–water partition coefficient (Wildman–Crippen LogP) is 2.28. The number of nitrogens with one attached hydrogen (secondary N) is 2. The summed E-state index contributed by atoms with van der Waals surface area (Å²) in [5, 5.41) is 6.40. The van der Waals surface area contributed by atoms with Crippen LogP contribution in [-0.4, -0.2) is 25.2 Å². The van der Waals surface area contributed by atoms with Crippen LogP contribution in [0, 0.1) is 0 Å². The standard InChI is InChI=1S/C9H10BrF3N2OS/c10-6-1-2-17-7(6)3-15-8(16)4-14-5-9(11,12)13/h1-2,14H,3-5H2,(H,15,16). The highest BCUT2D eigenvalue weighted by Crippen LogP contribution is 2.21. The van der Waals surface area contributed by atoms with Crippen LogP contribution in [0.3, 0.4) is 0 Å². The molecule has 0 atom stereocenters. The van der Waals surface area contributed by atoms with Crippen LogP contribution in [-0.2, 0) is 11.3 Å². The average molecular weight is 331 g/mol. The van der Waals surface area contributed by atoms with Crippen molar-refractivity contribution in [3.05, 3.63) is 20.8 Å². The molecule has 96 valence electrons. The molecule has 0 radical (unpaired) electrons. The summed E-state index contributed by atoms with van der Waals surface area (Å²) >= 11 is 4.75. The van der Waals surface area contributed by atoms with E-state index in [1.807, 2.05) is 16.8 Å². The fraction of sp³-hybridized carbons (Fsp3) is 0.444. The lowest BCUT2D eigenvalue weighted by molar-refractivity contribution is -0.128. The molecule has 0 aliphatic carbocycles. The van der Waals surface area contributed by atoms with Gasteiger partial charge in [0, 0.05) is 9.35 Å². The smallest absolute Gasteiger partial charge is 0.350 e. The van der Waals surface area contributed by atoms with E-state index in [4.69, 9.17) is 0 Å². The lowest BCUT2D eigenvalue weighted by Crippen LogP contribution is -2.37. The van der Waals surface area contributed by atoms with Gasteiger partial charge in [-0.1, -0.05) is 0 Å². The molecular formula is C9H10BrF3N2OS. The molecule has 1 heterocycles. The molecule has 0 aromatic carbocycles. The van der Waals surface area contributed by atoms with Gasteiger partial charge in [-0.25, -0.2) is 0 Å². The highest BCUT2D eigenvalue weighted by atomic mass is 79.9. The Kier molecular flexibility index (Phi) is 5.41. The van der Waals surface area contributed by atoms with Gasteiger partial charge < -0.3 is 10.6 Å². The number of thiophene rings is 1. The van der Waals surface area contributed by atoms with Crippen molar-refractivity contribution in [1.29, 1.82) is 0 Å². The molecule has 1 aromatic heterocycles. The molecule has 0 bridgehead atoms. The fourth-order valence-corrected chi connectivity index (χ4v) is 2.44. The van der Waals surface area contributed by atoms with Gasteiger partial charge in [0.15, 0.2) is 0 Å². The Morgan fingerprint density at radius 3 is 2.71 bits per heavy atom. The molecule has 0 saturated heterocycles. The molecule has 0 saturated carbocycles. The monoisotopic (exact) mass is 330 g/mol. The van der Waals surface area contributed by atoms with E-state index in [9.17, 15) is 18.0 Å². The van der Waals surface area contributed by atoms with Crippen molar-refractivity contribution in [1.82, 2.24) is 10.6 Å². The van der Waals surface area contributed by atoms with Crippen LogP contribution in [0.25, 0.3) is 0 Å². The maximum absolute atomic E-state index is 11.8. The average Bonchev–Trinajstić information content (AvgIpc) is 2.59. The zero-order valence-corrected chi connectivity index (χ0v) is 11.0. The maximum Gasteiger partial charge on any atom is 0.401 e. The van der Waals surface area contributed by atoms with Gasteiger partial charge in [-0.05, 0) is 27.4 Å². The first kappa shape index (κ1) is 14.5. The second-order valence-corrected chi connectivity index (χ2v) is 5.04. The second kappa shape index (κ2) is 6.36. The van der Waals surface area contributed by atoms with E-state index < -0.39 is 18.6 Å². The van der Waals surface area contributed by atoms with Crippen LogP contribution >= 0.6 is 27.3 Å². The molecular weight excluding hydrogens is 321 g/mol. The van der Waals surface area contributed by atoms with E-state index in [0.717, 1.165) is 9.35 Å². The second-order valence-electron chi connectivity index (χ2n) is 3.19. The third-order valence-electron chi connectivity index (χ3n) is 1.75. The Hall–Kier alpha value is -0.600. The third kappa shape index (κ3) is 6.04. The molecule has 0 fully saturated rings. The Bertz CT molecular complexity index is 381. The van der Waals surface area contributed by atoms with Crippen LogP contribution in [0.4, 0.5) is 13.2 Å². The predicted molar refractivity (Wildman–Crippen MR) is 62.8 cm³/mol. The minimum Gasteiger partial charge on any atom is -0.350 e. The van der Waals surface area contributed by atoms with Crippen molar-refractivity contribution in [3.8, 4) is 0 Å². The van der Waals surface area contributed by atoms with E-state index in [1.54, 1.807) is 0 Å². The molecule has 0 aliphatic heterocycles. The van der Waals surface area contributed by atoms with Crippen molar-refractivity contribution in [3.63, 3.8) is 0 Å². The highest BCUT2D eigenvalue weighted by Gasteiger charge is 2.26. The molecule has 0 spiro atoms. The van der Waals surface area contributed by atoms with E-state index in [1.165, 1.54) is 11.3 Å². The number of hydrogen-bond donors (Lipinski definition) is 2. The van der Waals surface area contributed by atoms with Crippen molar-refractivity contribution < 1.29 is 18.0 Å². The van der Waals surface area contributed by atoms with Gasteiger partial charge in [-0.2, -0.15) is 13.2 Å². The zero-order valence-electron chi connectivity index (χ0n) is 8.60. The van der Waals surface area contributed by atoms with Gasteiger partial charge in [0.2, 0.25) is 5.91 Å². The highest BCUT2D eigenvalue weighted by molar-refractivity contribution is 9.10. The third-order valence-corrected chi connectivity index (χ3v) is 3.67. The Balaban J connectivity index is 2.20. The fourth-order valence-electron chi connectivity index (χ4n) is 1.01. The molecule has 2 N–H and O–H groups in total. The summed E-state index contributed by atoms with van der Waals surface area (Å²) in [5.74, 6) is -0.463. The zero-order chi connectivity index (χ0) is 12.9. The van der Waals surface area contributed by atoms with Gasteiger partial charge in [0.05, 0.1) is 19.6 Å². The van der Waals surface area contributed by atoms with E-state index in [2.05, 4.69) is 21.2 Å². The van der Waals surface area contributed by atoms with Crippen LogP contribution in [0.15, 0.2) is 15.9 Å². The van der Waals surface area contributed by atoms with Gasteiger partial charge in [-0.3, -0.25) is 4.79 Å². The van der Waals surface area contributed by atoms with Gasteiger partial charge in [0.1, 0.15) is 0 Å². The first-order valence-electron chi connectivity index (χ1n) is 4.64. The normalized spacial score (nSPS) is 11.5. The lowest BCUT2D eigenvalue weighted by atomic mass is 10.4. The van der Waals surface area contributed by atoms with Crippen molar-refractivity contribution >= 4 is 33.2 Å². The van der Waals surface area contributed by atoms with Crippen LogP contribution < -0.4 is 10.6 Å². The summed E-state index contributed by atoms with van der Waals surface area (Å²) in [6.45, 7) is -1.20. The Morgan fingerprint density at radius 2 is 2.18 bits per heavy atom. The molecule has 8 heteroatoms. The number of carbonyl (C=O) groups is 1. The number of rotatable bonds is 5. The minimum absolute atomic E-state index is 0.310. The van der Waals surface area contributed by atoms with Crippen molar-refractivity contribution in [2.45, 2.75) is 12.7 Å². The largest absolute Gasteiger partial charge is 0.401 e. The van der Waals surface area contributed by atoms with Crippen molar-refractivity contribution in [2.24, 2.45) is 0 Å². The lowest BCUT2D eigenvalue weighted by Gasteiger charge is -2.08. The van der Waals surface area contributed by atoms with Crippen LogP contribution in [0.1, 0.15) is 4.88 Å². The first-order valence-corrected chi connectivity index (χ1v) is 6.32. The molecule has 17 heavy (non-hydrogen) atoms. The van der Waals surface area contributed by atoms with E-state index >= 15 is 0 Å². The quantitative estimate of drug-likeness (QED) is 0.869. The number of carbonyl (C=O) groups excluding carboxylic acids is 1. The van der Waals surface area contributed by atoms with Crippen LogP contribution in [0.2, 0.25) is 0 Å². The van der Waals surface area contributed by atoms with Gasteiger partial charge in [-0.15, -0.1) is 11.3 Å². The van der Waals surface area contributed by atoms with Crippen LogP contribution in [0.5, 0.6) is 0 Å². The Morgan fingerprint density at radius 1 is 1.47 bits per heavy atom. The van der Waals surface area contributed by atoms with E-state index in [-0.39, 0.29) is 6.54 Å². The summed E-state index contributed by atoms with van der Waals surface area (Å²) in [5.41, 5.74) is 0. The number of amides is 1. The van der Waals surface area contributed by atoms with Crippen molar-refractivity contribution in [2.75, 3.05) is 13.1 Å². The molecule has 1 aromatic rings. The summed E-state index contributed by atoms with van der Waals surface area (Å²) in [4.78, 5) is 12.1. The van der Waals surface area contributed by atoms with Gasteiger partial charge >= 0.3 is 6.18 Å². The first-order chi connectivity index (χ1) is 7.88. The summed E-state index contributed by atoms with van der Waals surface area (Å²) in [6.07, 6.45) is -4.29. The molecule has 1 amide bonds. The summed E-state index contributed by atoms with van der Waals surface area (Å²) < 4.78 is 36.2. The van der Waals surface area contributed by atoms with E-state index in [0.29, 0.717) is 6.54 Å². The van der Waals surface area contributed by atoms with Gasteiger partial charge in [0.25, 0.3) is 0 Å². The maximum atomic E-state index is 11.8. The number of alkyl halides is 3. The molecule has 1 rings (SSSR count). The molecule has 0 unspecified atom stereocenters. The molecule has 3 nitrogen and oxygen atoms in total. The topological polar surface area (TPSA) is 41.1 Å². The Labute approximate surface area is 109 Å². The molecule has 0 aliphatic rings. The summed E-state index contributed by atoms with van der Waals surface area (Å²) in [7, 11) is 0. The minimum atomic E-state index is -4.29. The number of halogens is 4. The number of hydrogen-bond acceptors (Lipinski definition) is 3. The SMILES string of the molecule is O=C(CNCC(F)(F)F)NCc1sccc1Br. The summed E-state index contributed by atoms with van der Waals surface area (Å²) in [6, 6.07) is 1.84.